The van der Waals surface area contributed by atoms with Gasteiger partial charge >= 0.3 is 0 Å². The van der Waals surface area contributed by atoms with E-state index in [9.17, 15) is 14.4 Å². The Bertz CT molecular complexity index is 900. The van der Waals surface area contributed by atoms with E-state index in [1.165, 1.54) is 7.11 Å². The van der Waals surface area contributed by atoms with Crippen molar-refractivity contribution in [3.63, 3.8) is 0 Å². The Labute approximate surface area is 161 Å². The van der Waals surface area contributed by atoms with E-state index in [1.807, 2.05) is 0 Å². The predicted octanol–water partition coefficient (Wildman–Crippen LogP) is 2.82. The van der Waals surface area contributed by atoms with Crippen molar-refractivity contribution in [3.05, 3.63) is 53.1 Å². The number of anilines is 2. The number of ether oxygens (including phenoxy) is 1. The van der Waals surface area contributed by atoms with Crippen LogP contribution in [-0.2, 0) is 9.59 Å². The van der Waals surface area contributed by atoms with Gasteiger partial charge in [0.2, 0.25) is 11.8 Å². The summed E-state index contributed by atoms with van der Waals surface area (Å²) in [5.74, 6) is -0.560. The van der Waals surface area contributed by atoms with Crippen LogP contribution in [-0.4, -0.2) is 30.9 Å². The largest absolute Gasteiger partial charge is 0.495 e. The highest BCUT2D eigenvalue weighted by atomic mass is 35.5. The van der Waals surface area contributed by atoms with Crippen molar-refractivity contribution < 1.29 is 19.1 Å². The maximum absolute atomic E-state index is 12.3. The number of hydrogen-bond acceptors (Lipinski definition) is 4. The number of carbonyl (C=O) groups excluding carboxylic acids is 3. The van der Waals surface area contributed by atoms with Gasteiger partial charge in [0.05, 0.1) is 24.0 Å². The van der Waals surface area contributed by atoms with Crippen LogP contribution in [0.15, 0.2) is 42.5 Å². The maximum Gasteiger partial charge on any atom is 0.254 e. The standard InChI is InChI=1S/C19H18ClN3O4/c1-27-16-8-6-11(20)10-15(16)21-17(24)9-7-14-19(26)22-13-5-3-2-4-12(13)18(25)23-14/h2-6,8,10,14H,7,9H2,1H3,(H,21,24)(H,22,26)(H,23,25). The quantitative estimate of drug-likeness (QED) is 0.735. The van der Waals surface area contributed by atoms with Crippen molar-refractivity contribution in [1.29, 1.82) is 0 Å². The lowest BCUT2D eigenvalue weighted by molar-refractivity contribution is -0.118. The van der Waals surface area contributed by atoms with Crippen molar-refractivity contribution in [2.75, 3.05) is 17.7 Å². The molecular formula is C19H18ClN3O4. The Hall–Kier alpha value is -3.06. The zero-order valence-electron chi connectivity index (χ0n) is 14.5. The Kier molecular flexibility index (Phi) is 5.61. The Morgan fingerprint density at radius 2 is 2.00 bits per heavy atom. The van der Waals surface area contributed by atoms with Gasteiger partial charge in [0, 0.05) is 11.4 Å². The van der Waals surface area contributed by atoms with Crippen LogP contribution in [0, 0.1) is 0 Å². The summed E-state index contributed by atoms with van der Waals surface area (Å²) in [6.45, 7) is 0. The summed E-state index contributed by atoms with van der Waals surface area (Å²) >= 11 is 5.95. The number of benzene rings is 2. The summed E-state index contributed by atoms with van der Waals surface area (Å²) in [5.41, 5.74) is 1.29. The van der Waals surface area contributed by atoms with Crippen molar-refractivity contribution in [3.8, 4) is 5.75 Å². The molecule has 3 amide bonds. The van der Waals surface area contributed by atoms with Crippen LogP contribution in [0.4, 0.5) is 11.4 Å². The van der Waals surface area contributed by atoms with E-state index in [2.05, 4.69) is 16.0 Å². The molecule has 0 radical (unpaired) electrons. The normalized spacial score (nSPS) is 15.9. The third-order valence-electron chi connectivity index (χ3n) is 4.15. The SMILES string of the molecule is COc1ccc(Cl)cc1NC(=O)CCC1NC(=O)c2ccccc2NC1=O. The van der Waals surface area contributed by atoms with Gasteiger partial charge in [-0.3, -0.25) is 14.4 Å². The number of halogens is 1. The van der Waals surface area contributed by atoms with Crippen molar-refractivity contribution >= 4 is 40.7 Å². The molecule has 1 unspecified atom stereocenters. The molecule has 0 aliphatic carbocycles. The third-order valence-corrected chi connectivity index (χ3v) is 4.38. The molecule has 0 saturated heterocycles. The van der Waals surface area contributed by atoms with Gasteiger partial charge < -0.3 is 20.7 Å². The number of rotatable bonds is 5. The van der Waals surface area contributed by atoms with Crippen molar-refractivity contribution in [2.45, 2.75) is 18.9 Å². The molecule has 8 heteroatoms. The molecule has 1 aliphatic heterocycles. The second-order valence-electron chi connectivity index (χ2n) is 5.99. The van der Waals surface area contributed by atoms with Gasteiger partial charge in [-0.05, 0) is 36.8 Å². The molecule has 7 nitrogen and oxygen atoms in total. The molecule has 1 aliphatic rings. The zero-order chi connectivity index (χ0) is 19.4. The maximum atomic E-state index is 12.3. The van der Waals surface area contributed by atoms with E-state index >= 15 is 0 Å². The minimum atomic E-state index is -0.808. The summed E-state index contributed by atoms with van der Waals surface area (Å²) < 4.78 is 5.18. The first-order valence-corrected chi connectivity index (χ1v) is 8.70. The molecule has 1 atom stereocenters. The van der Waals surface area contributed by atoms with Crippen LogP contribution >= 0.6 is 11.6 Å². The fourth-order valence-electron chi connectivity index (χ4n) is 2.78. The van der Waals surface area contributed by atoms with Gasteiger partial charge in [-0.25, -0.2) is 0 Å². The van der Waals surface area contributed by atoms with Gasteiger partial charge in [0.25, 0.3) is 5.91 Å². The fraction of sp³-hybridized carbons (Fsp3) is 0.211. The Balaban J connectivity index is 1.63. The van der Waals surface area contributed by atoms with E-state index in [4.69, 9.17) is 16.3 Å². The number of amides is 3. The first-order chi connectivity index (χ1) is 13.0. The summed E-state index contributed by atoms with van der Waals surface area (Å²) in [5, 5.41) is 8.54. The molecule has 3 rings (SSSR count). The molecule has 0 saturated carbocycles. The monoisotopic (exact) mass is 387 g/mol. The number of fused-ring (bicyclic) bond motifs is 1. The highest BCUT2D eigenvalue weighted by molar-refractivity contribution is 6.31. The number of para-hydroxylation sites is 1. The van der Waals surface area contributed by atoms with Gasteiger partial charge in [0.1, 0.15) is 11.8 Å². The van der Waals surface area contributed by atoms with E-state index in [0.29, 0.717) is 27.7 Å². The second-order valence-corrected chi connectivity index (χ2v) is 6.43. The third kappa shape index (κ3) is 4.38. The molecule has 0 spiro atoms. The molecule has 3 N–H and O–H groups in total. The number of methoxy groups -OCH3 is 1. The summed E-state index contributed by atoms with van der Waals surface area (Å²) in [6, 6.07) is 10.8. The average molecular weight is 388 g/mol. The van der Waals surface area contributed by atoms with Crippen molar-refractivity contribution in [1.82, 2.24) is 5.32 Å². The lowest BCUT2D eigenvalue weighted by Crippen LogP contribution is -2.41. The molecule has 1 heterocycles. The van der Waals surface area contributed by atoms with E-state index in [1.54, 1.807) is 42.5 Å². The molecule has 2 aromatic rings. The summed E-state index contributed by atoms with van der Waals surface area (Å²) in [4.78, 5) is 36.9. The van der Waals surface area contributed by atoms with Crippen LogP contribution < -0.4 is 20.7 Å². The average Bonchev–Trinajstić information content (AvgIpc) is 2.76. The molecule has 27 heavy (non-hydrogen) atoms. The highest BCUT2D eigenvalue weighted by Gasteiger charge is 2.27. The number of hydrogen-bond donors (Lipinski definition) is 3. The van der Waals surface area contributed by atoms with Gasteiger partial charge in [-0.15, -0.1) is 0 Å². The zero-order valence-corrected chi connectivity index (χ0v) is 15.3. The lowest BCUT2D eigenvalue weighted by atomic mass is 10.1. The predicted molar refractivity (Wildman–Crippen MR) is 102 cm³/mol. The second kappa shape index (κ2) is 8.09. The molecule has 0 bridgehead atoms. The Morgan fingerprint density at radius 3 is 2.78 bits per heavy atom. The number of carbonyl (C=O) groups is 3. The van der Waals surface area contributed by atoms with E-state index in [-0.39, 0.29) is 30.6 Å². The molecule has 0 aromatic heterocycles. The van der Waals surface area contributed by atoms with Crippen LogP contribution in [0.5, 0.6) is 5.75 Å². The highest BCUT2D eigenvalue weighted by Crippen LogP contribution is 2.28. The van der Waals surface area contributed by atoms with Crippen LogP contribution in [0.2, 0.25) is 5.02 Å². The summed E-state index contributed by atoms with van der Waals surface area (Å²) in [6.07, 6.45) is 0.185. The van der Waals surface area contributed by atoms with E-state index < -0.39 is 6.04 Å². The minimum Gasteiger partial charge on any atom is -0.495 e. The topological polar surface area (TPSA) is 96.5 Å². The molecule has 2 aromatic carbocycles. The van der Waals surface area contributed by atoms with Crippen LogP contribution in [0.1, 0.15) is 23.2 Å². The first-order valence-electron chi connectivity index (χ1n) is 8.32. The molecular weight excluding hydrogens is 370 g/mol. The first kappa shape index (κ1) is 18.7. The smallest absolute Gasteiger partial charge is 0.254 e. The van der Waals surface area contributed by atoms with E-state index in [0.717, 1.165) is 0 Å². The van der Waals surface area contributed by atoms with Crippen LogP contribution in [0.25, 0.3) is 0 Å². The number of nitrogens with one attached hydrogen (secondary N) is 3. The Morgan fingerprint density at radius 1 is 1.22 bits per heavy atom. The van der Waals surface area contributed by atoms with Gasteiger partial charge in [-0.2, -0.15) is 0 Å². The fourth-order valence-corrected chi connectivity index (χ4v) is 2.95. The molecule has 0 fully saturated rings. The minimum absolute atomic E-state index is 0.0321. The van der Waals surface area contributed by atoms with Gasteiger partial charge in [-0.1, -0.05) is 23.7 Å². The van der Waals surface area contributed by atoms with Crippen LogP contribution in [0.3, 0.4) is 0 Å². The van der Waals surface area contributed by atoms with Crippen molar-refractivity contribution in [2.24, 2.45) is 0 Å². The van der Waals surface area contributed by atoms with Gasteiger partial charge in [0.15, 0.2) is 0 Å². The summed E-state index contributed by atoms with van der Waals surface area (Å²) in [7, 11) is 1.49. The lowest BCUT2D eigenvalue weighted by Gasteiger charge is -2.15. The molecule has 140 valence electrons.